The van der Waals surface area contributed by atoms with Crippen molar-refractivity contribution in [3.63, 3.8) is 0 Å². The van der Waals surface area contributed by atoms with Crippen molar-refractivity contribution in [1.82, 2.24) is 4.98 Å². The van der Waals surface area contributed by atoms with Gasteiger partial charge in [-0.15, -0.1) is 11.3 Å². The zero-order valence-electron chi connectivity index (χ0n) is 6.64. The normalized spacial score (nSPS) is 11.2. The molecule has 0 spiro atoms. The molecular weight excluding hydrogens is 206 g/mol. The van der Waals surface area contributed by atoms with E-state index >= 15 is 0 Å². The van der Waals surface area contributed by atoms with E-state index < -0.39 is 10.7 Å². The Kier molecular flexibility index (Phi) is 2.28. The minimum Gasteiger partial charge on any atom is -0.240 e. The Bertz CT molecular complexity index is 461. The van der Waals surface area contributed by atoms with Gasteiger partial charge in [0.2, 0.25) is 0 Å². The first kappa shape index (κ1) is 8.65. The van der Waals surface area contributed by atoms with Crippen LogP contribution in [0.2, 0.25) is 0 Å². The van der Waals surface area contributed by atoms with E-state index in [4.69, 9.17) is 0 Å². The molecular formula is C8H7NO2S2. The van der Waals surface area contributed by atoms with E-state index in [9.17, 15) is 8.42 Å². The van der Waals surface area contributed by atoms with Crippen LogP contribution < -0.4 is 0 Å². The highest BCUT2D eigenvalue weighted by atomic mass is 32.2. The summed E-state index contributed by atoms with van der Waals surface area (Å²) in [5, 5.41) is 0.664. The minimum atomic E-state index is -2.37. The number of rotatable bonds is 2. The van der Waals surface area contributed by atoms with Gasteiger partial charge in [0, 0.05) is 0 Å². The molecule has 0 amide bonds. The highest BCUT2D eigenvalue weighted by Gasteiger charge is 2.02. The molecule has 5 heteroatoms. The fourth-order valence-electron chi connectivity index (χ4n) is 1.10. The van der Waals surface area contributed by atoms with Crippen molar-refractivity contribution in [2.45, 2.75) is 5.75 Å². The van der Waals surface area contributed by atoms with Gasteiger partial charge in [-0.3, -0.25) is 0 Å². The number of para-hydroxylation sites is 1. The molecule has 1 aromatic carbocycles. The van der Waals surface area contributed by atoms with Gasteiger partial charge >= 0.3 is 0 Å². The van der Waals surface area contributed by atoms with Crippen LogP contribution in [0.15, 0.2) is 24.3 Å². The number of fused-ring (bicyclic) bond motifs is 1. The van der Waals surface area contributed by atoms with E-state index in [0.29, 0.717) is 5.01 Å². The molecule has 0 bridgehead atoms. The van der Waals surface area contributed by atoms with Crippen LogP contribution >= 0.6 is 11.3 Å². The second-order valence-corrected chi connectivity index (χ2v) is 4.66. The van der Waals surface area contributed by atoms with Gasteiger partial charge in [0.25, 0.3) is 0 Å². The predicted octanol–water partition coefficient (Wildman–Crippen LogP) is 1.41. The number of benzene rings is 1. The summed E-state index contributed by atoms with van der Waals surface area (Å²) >= 11 is 1.43. The Morgan fingerprint density at radius 1 is 1.31 bits per heavy atom. The van der Waals surface area contributed by atoms with E-state index in [1.54, 1.807) is 0 Å². The molecule has 0 saturated carbocycles. The Morgan fingerprint density at radius 2 is 2.08 bits per heavy atom. The second kappa shape index (κ2) is 3.43. The summed E-state index contributed by atoms with van der Waals surface area (Å²) in [5.74, 6) is 0.0503. The van der Waals surface area contributed by atoms with Crippen molar-refractivity contribution in [2.24, 2.45) is 0 Å². The Morgan fingerprint density at radius 3 is 2.77 bits per heavy atom. The zero-order valence-corrected chi connectivity index (χ0v) is 8.35. The van der Waals surface area contributed by atoms with Crippen LogP contribution in [0.4, 0.5) is 0 Å². The molecule has 2 rings (SSSR count). The molecule has 0 aliphatic rings. The smallest absolute Gasteiger partial charge is 0.146 e. The van der Waals surface area contributed by atoms with Crippen molar-refractivity contribution in [1.29, 1.82) is 0 Å². The first-order valence-corrected chi connectivity index (χ1v) is 5.90. The third-order valence-electron chi connectivity index (χ3n) is 1.60. The molecule has 3 nitrogen and oxygen atoms in total. The first-order chi connectivity index (χ1) is 6.25. The predicted molar refractivity (Wildman–Crippen MR) is 53.6 cm³/mol. The van der Waals surface area contributed by atoms with Gasteiger partial charge in [-0.25, -0.2) is 13.4 Å². The molecule has 0 saturated heterocycles. The van der Waals surface area contributed by atoms with Gasteiger partial charge in [-0.1, -0.05) is 12.1 Å². The van der Waals surface area contributed by atoms with Crippen LogP contribution in [0.25, 0.3) is 10.2 Å². The van der Waals surface area contributed by atoms with Crippen molar-refractivity contribution < 1.29 is 8.42 Å². The zero-order chi connectivity index (χ0) is 9.26. The van der Waals surface area contributed by atoms with Crippen molar-refractivity contribution in [3.8, 4) is 0 Å². The number of thiol groups is 1. The number of aromatic nitrogens is 1. The van der Waals surface area contributed by atoms with Gasteiger partial charge in [0.05, 0.1) is 16.0 Å². The molecule has 0 aliphatic carbocycles. The summed E-state index contributed by atoms with van der Waals surface area (Å²) in [6, 6.07) is 7.63. The molecule has 1 heterocycles. The summed E-state index contributed by atoms with van der Waals surface area (Å²) in [5.41, 5.74) is 0.874. The van der Waals surface area contributed by atoms with Crippen LogP contribution in [-0.4, -0.2) is 13.4 Å². The summed E-state index contributed by atoms with van der Waals surface area (Å²) in [4.78, 5) is 4.19. The molecule has 13 heavy (non-hydrogen) atoms. The lowest BCUT2D eigenvalue weighted by atomic mass is 10.3. The monoisotopic (exact) mass is 213 g/mol. The lowest BCUT2D eigenvalue weighted by Crippen LogP contribution is -1.83. The molecule has 68 valence electrons. The maximum absolute atomic E-state index is 10.4. The van der Waals surface area contributed by atoms with Gasteiger partial charge in [-0.05, 0) is 12.1 Å². The topological polar surface area (TPSA) is 47.0 Å². The fourth-order valence-corrected chi connectivity index (χ4v) is 2.73. The summed E-state index contributed by atoms with van der Waals surface area (Å²) in [6.07, 6.45) is 0. The summed E-state index contributed by atoms with van der Waals surface area (Å²) < 4.78 is 21.9. The van der Waals surface area contributed by atoms with Crippen molar-refractivity contribution >= 4 is 32.3 Å². The highest BCUT2D eigenvalue weighted by molar-refractivity contribution is 7.71. The Hall–Kier alpha value is -0.940. The molecule has 0 radical (unpaired) electrons. The average Bonchev–Trinajstić information content (AvgIpc) is 2.44. The lowest BCUT2D eigenvalue weighted by molar-refractivity contribution is 0.614. The van der Waals surface area contributed by atoms with Crippen LogP contribution in [0.5, 0.6) is 0 Å². The van der Waals surface area contributed by atoms with Crippen molar-refractivity contribution in [3.05, 3.63) is 29.3 Å². The summed E-state index contributed by atoms with van der Waals surface area (Å²) in [7, 11) is -2.37. The van der Waals surface area contributed by atoms with Crippen LogP contribution in [-0.2, 0) is 16.5 Å². The largest absolute Gasteiger partial charge is 0.240 e. The van der Waals surface area contributed by atoms with Crippen LogP contribution in [0, 0.1) is 0 Å². The highest BCUT2D eigenvalue weighted by Crippen LogP contribution is 2.21. The number of nitrogens with zero attached hydrogens (tertiary/aromatic N) is 1. The van der Waals surface area contributed by atoms with E-state index in [1.807, 2.05) is 24.3 Å². The van der Waals surface area contributed by atoms with Gasteiger partial charge in [0.1, 0.15) is 15.7 Å². The minimum absolute atomic E-state index is 0.0503. The first-order valence-electron chi connectivity index (χ1n) is 3.72. The maximum atomic E-state index is 10.4. The molecule has 0 aliphatic heterocycles. The molecule has 1 aromatic heterocycles. The standard InChI is InChI=1S/C8H7NO2S2/c10-13(11)5-8-9-6-3-1-2-4-7(6)12-8/h1-4,13H,5H2. The van der Waals surface area contributed by atoms with E-state index in [-0.39, 0.29) is 5.75 Å². The van der Waals surface area contributed by atoms with Crippen molar-refractivity contribution in [2.75, 3.05) is 0 Å². The summed E-state index contributed by atoms with van der Waals surface area (Å²) in [6.45, 7) is 0. The molecule has 0 fully saturated rings. The number of hydrogen-bond donors (Lipinski definition) is 1. The van der Waals surface area contributed by atoms with Crippen LogP contribution in [0.1, 0.15) is 5.01 Å². The third-order valence-corrected chi connectivity index (χ3v) is 3.41. The second-order valence-electron chi connectivity index (χ2n) is 2.57. The van der Waals surface area contributed by atoms with Gasteiger partial charge < -0.3 is 0 Å². The number of thiazole rings is 1. The van der Waals surface area contributed by atoms with E-state index in [2.05, 4.69) is 4.98 Å². The molecule has 0 N–H and O–H groups in total. The van der Waals surface area contributed by atoms with Gasteiger partial charge in [-0.2, -0.15) is 0 Å². The molecule has 0 unspecified atom stereocenters. The fraction of sp³-hybridized carbons (Fsp3) is 0.125. The quantitative estimate of drug-likeness (QED) is 0.767. The van der Waals surface area contributed by atoms with Gasteiger partial charge in [0.15, 0.2) is 0 Å². The average molecular weight is 213 g/mol. The molecule has 0 atom stereocenters. The Labute approximate surface area is 81.0 Å². The third kappa shape index (κ3) is 1.87. The molecule has 2 aromatic rings. The maximum Gasteiger partial charge on any atom is 0.146 e. The number of hydrogen-bond acceptors (Lipinski definition) is 4. The Balaban J connectivity index is 2.49. The van der Waals surface area contributed by atoms with E-state index in [0.717, 1.165) is 10.2 Å². The SMILES string of the molecule is O=[SH](=O)Cc1nc2ccccc2s1. The lowest BCUT2D eigenvalue weighted by Gasteiger charge is -1.80. The van der Waals surface area contributed by atoms with Crippen LogP contribution in [0.3, 0.4) is 0 Å². The van der Waals surface area contributed by atoms with E-state index in [1.165, 1.54) is 11.3 Å².